The number of hydrogen-bond donors (Lipinski definition) is 2. The van der Waals surface area contributed by atoms with E-state index in [2.05, 4.69) is 4.98 Å². The van der Waals surface area contributed by atoms with Crippen LogP contribution in [0.25, 0.3) is 5.76 Å². The highest BCUT2D eigenvalue weighted by molar-refractivity contribution is 6.46. The number of Topliss-reactive ketones (excluding diaryl/α,β-unsaturated/α-hetero) is 1. The van der Waals surface area contributed by atoms with Crippen molar-refractivity contribution in [2.24, 2.45) is 0 Å². The summed E-state index contributed by atoms with van der Waals surface area (Å²) in [7, 11) is 3.78. The summed E-state index contributed by atoms with van der Waals surface area (Å²) in [6.45, 7) is 8.14. The summed E-state index contributed by atoms with van der Waals surface area (Å²) in [5, 5.41) is 11.4. The van der Waals surface area contributed by atoms with E-state index in [1.807, 2.05) is 50.2 Å². The molecule has 1 atom stereocenters. The molecular weight excluding hydrogens is 422 g/mol. The van der Waals surface area contributed by atoms with Crippen LogP contribution in [0.5, 0.6) is 0 Å². The first kappa shape index (κ1) is 24.3. The normalized spacial score (nSPS) is 17.8. The number of carbonyl (C=O) groups is 3. The summed E-state index contributed by atoms with van der Waals surface area (Å²) >= 11 is 0. The third-order valence-corrected chi connectivity index (χ3v) is 5.88. The van der Waals surface area contributed by atoms with Gasteiger partial charge < -0.3 is 24.6 Å². The molecule has 0 spiro atoms. The van der Waals surface area contributed by atoms with Crippen LogP contribution in [0.1, 0.15) is 51.4 Å². The fourth-order valence-electron chi connectivity index (χ4n) is 4.16. The van der Waals surface area contributed by atoms with Gasteiger partial charge in [-0.05, 0) is 52.9 Å². The first-order valence-corrected chi connectivity index (χ1v) is 10.9. The van der Waals surface area contributed by atoms with Crippen LogP contribution in [0, 0.1) is 20.8 Å². The molecule has 3 rings (SSSR count). The molecule has 0 saturated carbocycles. The number of ketones is 1. The molecule has 176 valence electrons. The second-order valence-electron chi connectivity index (χ2n) is 8.55. The third kappa shape index (κ3) is 4.57. The van der Waals surface area contributed by atoms with Crippen molar-refractivity contribution in [1.29, 1.82) is 0 Å². The molecule has 2 heterocycles. The first-order chi connectivity index (χ1) is 15.6. The van der Waals surface area contributed by atoms with Gasteiger partial charge in [-0.1, -0.05) is 29.8 Å². The predicted molar refractivity (Wildman–Crippen MR) is 125 cm³/mol. The molecule has 1 fully saturated rings. The van der Waals surface area contributed by atoms with Crippen molar-refractivity contribution in [1.82, 2.24) is 14.8 Å². The highest BCUT2D eigenvalue weighted by atomic mass is 16.5. The van der Waals surface area contributed by atoms with Gasteiger partial charge in [0.2, 0.25) is 0 Å². The van der Waals surface area contributed by atoms with E-state index in [-0.39, 0.29) is 23.6 Å². The Balaban J connectivity index is 2.19. The van der Waals surface area contributed by atoms with Crippen molar-refractivity contribution < 1.29 is 24.2 Å². The molecule has 8 heteroatoms. The van der Waals surface area contributed by atoms with E-state index in [1.165, 1.54) is 4.90 Å². The molecule has 0 unspecified atom stereocenters. The number of nitrogens with one attached hydrogen (secondary N) is 1. The number of esters is 1. The van der Waals surface area contributed by atoms with E-state index < -0.39 is 23.7 Å². The van der Waals surface area contributed by atoms with Gasteiger partial charge in [-0.15, -0.1) is 0 Å². The van der Waals surface area contributed by atoms with Gasteiger partial charge >= 0.3 is 5.97 Å². The van der Waals surface area contributed by atoms with E-state index in [1.54, 1.807) is 20.8 Å². The minimum atomic E-state index is -0.741. The van der Waals surface area contributed by atoms with Crippen molar-refractivity contribution in [3.8, 4) is 0 Å². The van der Waals surface area contributed by atoms with Crippen LogP contribution < -0.4 is 0 Å². The summed E-state index contributed by atoms with van der Waals surface area (Å²) in [4.78, 5) is 44.9. The minimum absolute atomic E-state index is 0.0169. The summed E-state index contributed by atoms with van der Waals surface area (Å²) in [6, 6.07) is 6.82. The zero-order valence-corrected chi connectivity index (χ0v) is 20.0. The molecule has 1 aromatic heterocycles. The van der Waals surface area contributed by atoms with E-state index >= 15 is 0 Å². The number of aromatic nitrogens is 1. The molecule has 1 saturated heterocycles. The van der Waals surface area contributed by atoms with Crippen molar-refractivity contribution in [3.05, 3.63) is 63.5 Å². The molecule has 1 aliphatic rings. The number of H-pyrrole nitrogens is 1. The maximum Gasteiger partial charge on any atom is 0.355 e. The first-order valence-electron chi connectivity index (χ1n) is 10.9. The van der Waals surface area contributed by atoms with Gasteiger partial charge in [0, 0.05) is 24.3 Å². The number of aromatic amines is 1. The van der Waals surface area contributed by atoms with Crippen LogP contribution in [-0.2, 0) is 14.3 Å². The maximum atomic E-state index is 13.2. The molecular formula is C25H31N3O5. The Morgan fingerprint density at radius 2 is 1.79 bits per heavy atom. The number of amides is 1. The van der Waals surface area contributed by atoms with Crippen molar-refractivity contribution in [3.63, 3.8) is 0 Å². The van der Waals surface area contributed by atoms with Crippen LogP contribution in [0.2, 0.25) is 0 Å². The highest BCUT2D eigenvalue weighted by Crippen LogP contribution is 2.40. The van der Waals surface area contributed by atoms with Gasteiger partial charge in [-0.25, -0.2) is 4.79 Å². The summed E-state index contributed by atoms with van der Waals surface area (Å²) in [5.41, 5.74) is 3.31. The molecule has 1 aromatic carbocycles. The third-order valence-electron chi connectivity index (χ3n) is 5.88. The fourth-order valence-corrected chi connectivity index (χ4v) is 4.16. The van der Waals surface area contributed by atoms with E-state index in [4.69, 9.17) is 4.74 Å². The van der Waals surface area contributed by atoms with E-state index in [9.17, 15) is 19.5 Å². The van der Waals surface area contributed by atoms with E-state index in [0.29, 0.717) is 29.9 Å². The largest absolute Gasteiger partial charge is 0.507 e. The number of hydrogen-bond acceptors (Lipinski definition) is 6. The van der Waals surface area contributed by atoms with Gasteiger partial charge in [0.25, 0.3) is 11.7 Å². The lowest BCUT2D eigenvalue weighted by Gasteiger charge is -2.26. The number of aliphatic hydroxyl groups excluding tert-OH is 1. The number of likely N-dealkylation sites (tertiary alicyclic amines) is 1. The summed E-state index contributed by atoms with van der Waals surface area (Å²) in [5.74, 6) is -2.23. The van der Waals surface area contributed by atoms with Gasteiger partial charge in [0.15, 0.2) is 0 Å². The number of likely N-dealkylation sites (N-methyl/N-ethyl adjacent to an activating group) is 1. The van der Waals surface area contributed by atoms with Gasteiger partial charge in [-0.3, -0.25) is 9.59 Å². The van der Waals surface area contributed by atoms with Crippen LogP contribution in [0.15, 0.2) is 29.8 Å². The molecule has 0 aliphatic carbocycles. The standard InChI is InChI=1S/C25H31N3O5/c1-7-33-25(32)20-15(3)18(16(4)26-20)22(29)19-21(17-10-8-14(2)9-11-17)28(13-12-27(5)6)24(31)23(19)30/h8-11,21,26,29H,7,12-13H2,1-6H3/t21-/m0/s1. The zero-order valence-electron chi connectivity index (χ0n) is 20.0. The summed E-state index contributed by atoms with van der Waals surface area (Å²) in [6.07, 6.45) is 0. The minimum Gasteiger partial charge on any atom is -0.507 e. The monoisotopic (exact) mass is 453 g/mol. The second-order valence-corrected chi connectivity index (χ2v) is 8.55. The Bertz CT molecular complexity index is 1110. The Hall–Kier alpha value is -3.39. The SMILES string of the molecule is CCOC(=O)c1[nH]c(C)c(C(O)=C2C(=O)C(=O)N(CCN(C)C)[C@H]2c2ccc(C)cc2)c1C. The number of aliphatic hydroxyl groups is 1. The molecule has 0 radical (unpaired) electrons. The average Bonchev–Trinajstić information content (AvgIpc) is 3.19. The quantitative estimate of drug-likeness (QED) is 0.289. The molecule has 2 aromatic rings. The Morgan fingerprint density at radius 1 is 1.15 bits per heavy atom. The van der Waals surface area contributed by atoms with Gasteiger partial charge in [-0.2, -0.15) is 0 Å². The predicted octanol–water partition coefficient (Wildman–Crippen LogP) is 3.10. The van der Waals surface area contributed by atoms with Gasteiger partial charge in [0.1, 0.15) is 11.5 Å². The van der Waals surface area contributed by atoms with E-state index in [0.717, 1.165) is 11.1 Å². The average molecular weight is 454 g/mol. The zero-order chi connectivity index (χ0) is 24.4. The lowest BCUT2D eigenvalue weighted by atomic mass is 9.93. The Labute approximate surface area is 193 Å². The lowest BCUT2D eigenvalue weighted by molar-refractivity contribution is -0.140. The van der Waals surface area contributed by atoms with Crippen molar-refractivity contribution in [2.45, 2.75) is 33.7 Å². The van der Waals surface area contributed by atoms with Crippen LogP contribution >= 0.6 is 0 Å². The molecule has 2 N–H and O–H groups in total. The molecule has 33 heavy (non-hydrogen) atoms. The molecule has 1 aliphatic heterocycles. The van der Waals surface area contributed by atoms with Crippen molar-refractivity contribution in [2.75, 3.05) is 33.8 Å². The Kier molecular flexibility index (Phi) is 7.07. The topological polar surface area (TPSA) is 103 Å². The maximum absolute atomic E-state index is 13.2. The number of rotatable bonds is 7. The second kappa shape index (κ2) is 9.62. The molecule has 8 nitrogen and oxygen atoms in total. The van der Waals surface area contributed by atoms with Crippen LogP contribution in [0.3, 0.4) is 0 Å². The molecule has 1 amide bonds. The number of benzene rings is 1. The van der Waals surface area contributed by atoms with Crippen LogP contribution in [0.4, 0.5) is 0 Å². The number of ether oxygens (including phenoxy) is 1. The number of aryl methyl sites for hydroxylation is 2. The van der Waals surface area contributed by atoms with Crippen molar-refractivity contribution >= 4 is 23.4 Å². The summed E-state index contributed by atoms with van der Waals surface area (Å²) < 4.78 is 5.09. The smallest absolute Gasteiger partial charge is 0.355 e. The number of nitrogens with zero attached hydrogens (tertiary/aromatic N) is 2. The van der Waals surface area contributed by atoms with Crippen LogP contribution in [-0.4, -0.2) is 71.3 Å². The Morgan fingerprint density at radius 3 is 2.36 bits per heavy atom. The highest BCUT2D eigenvalue weighted by Gasteiger charge is 2.46. The number of carbonyl (C=O) groups excluding carboxylic acids is 3. The molecule has 0 bridgehead atoms. The van der Waals surface area contributed by atoms with Gasteiger partial charge in [0.05, 0.1) is 18.2 Å². The lowest BCUT2D eigenvalue weighted by Crippen LogP contribution is -2.35. The fraction of sp³-hybridized carbons (Fsp3) is 0.400.